The maximum atomic E-state index is 12.6. The van der Waals surface area contributed by atoms with Crippen LogP contribution in [0.1, 0.15) is 71.5 Å². The quantitative estimate of drug-likeness (QED) is 0.0921. The molecule has 14 heteroatoms. The number of carboxylic acid groups (broad SMARTS) is 2. The number of thiazole rings is 2. The van der Waals surface area contributed by atoms with Gasteiger partial charge in [-0.1, -0.05) is 109 Å². The molecule has 276 valence electrons. The first-order valence-corrected chi connectivity index (χ1v) is 19.6. The van der Waals surface area contributed by atoms with Gasteiger partial charge in [0.25, 0.3) is 11.8 Å². The van der Waals surface area contributed by atoms with Gasteiger partial charge in [0.2, 0.25) is 0 Å². The zero-order valence-corrected chi connectivity index (χ0v) is 31.7. The van der Waals surface area contributed by atoms with Crippen molar-refractivity contribution < 1.29 is 29.4 Å². The molecule has 2 atom stereocenters. The average Bonchev–Trinajstić information content (AvgIpc) is 3.84. The van der Waals surface area contributed by atoms with Gasteiger partial charge in [-0.25, -0.2) is 9.97 Å². The Balaban J connectivity index is 0.000000204. The van der Waals surface area contributed by atoms with Gasteiger partial charge in [-0.2, -0.15) is 0 Å². The van der Waals surface area contributed by atoms with E-state index in [1.807, 2.05) is 66.7 Å². The summed E-state index contributed by atoms with van der Waals surface area (Å²) in [7, 11) is 0. The van der Waals surface area contributed by atoms with E-state index in [0.29, 0.717) is 32.2 Å². The van der Waals surface area contributed by atoms with Crippen molar-refractivity contribution in [3.8, 4) is 21.1 Å². The van der Waals surface area contributed by atoms with Crippen LogP contribution < -0.4 is 10.6 Å². The normalized spacial score (nSPS) is 13.9. The van der Waals surface area contributed by atoms with Gasteiger partial charge in [-0.05, 0) is 42.9 Å². The third kappa shape index (κ3) is 11.7. The van der Waals surface area contributed by atoms with Gasteiger partial charge in [0.05, 0.1) is 22.9 Å². The van der Waals surface area contributed by atoms with Gasteiger partial charge in [0.1, 0.15) is 21.4 Å². The van der Waals surface area contributed by atoms with E-state index in [1.54, 1.807) is 22.9 Å². The zero-order chi connectivity index (χ0) is 37.7. The van der Waals surface area contributed by atoms with Crippen molar-refractivity contribution in [1.82, 2.24) is 20.6 Å². The first-order valence-electron chi connectivity index (χ1n) is 17.1. The topological polar surface area (TPSA) is 159 Å². The first kappa shape index (κ1) is 39.6. The number of carbonyl (C=O) groups is 4. The molecule has 3 aromatic carbocycles. The molecule has 2 aromatic heterocycles. The van der Waals surface area contributed by atoms with E-state index in [9.17, 15) is 24.3 Å². The second-order valence-corrected chi connectivity index (χ2v) is 15.1. The molecule has 53 heavy (non-hydrogen) atoms. The van der Waals surface area contributed by atoms with Crippen LogP contribution >= 0.6 is 45.9 Å². The van der Waals surface area contributed by atoms with Gasteiger partial charge < -0.3 is 20.8 Å². The Kier molecular flexibility index (Phi) is 14.5. The number of amides is 2. The Morgan fingerprint density at radius 2 is 1.17 bits per heavy atom. The molecular weight excluding hydrogens is 755 g/mol. The van der Waals surface area contributed by atoms with E-state index >= 15 is 0 Å². The molecule has 1 fully saturated rings. The number of aliphatic carboxylic acids is 2. The zero-order valence-electron chi connectivity index (χ0n) is 28.5. The van der Waals surface area contributed by atoms with Crippen molar-refractivity contribution >= 4 is 69.6 Å². The molecule has 2 amide bonds. The van der Waals surface area contributed by atoms with Gasteiger partial charge in [0, 0.05) is 34.0 Å². The standard InChI is InChI=1S/C20H17ClN2O3S.C19H21ClN2O3S/c21-16-9-5-4-8-15(16)20-23-17(12-27-20)19(26)22-14(11-18(24)25)10-13-6-2-1-3-7-13;20-14-9-5-4-8-13(14)19-22-16(11-26-19)18(25)21-15(10-17(23)24)12-6-2-1-3-7-12/h1-9,12,14H,10-11H2,(H,22,26)(H,24,25);4-5,8-9,11-12,15H,1-3,6-7,10H2,(H,21,25)(H,23,24). The third-order valence-electron chi connectivity index (χ3n) is 8.69. The molecule has 0 bridgehead atoms. The molecule has 5 aromatic rings. The van der Waals surface area contributed by atoms with E-state index in [2.05, 4.69) is 20.6 Å². The van der Waals surface area contributed by atoms with E-state index in [-0.39, 0.29) is 36.4 Å². The minimum Gasteiger partial charge on any atom is -0.481 e. The van der Waals surface area contributed by atoms with Crippen molar-refractivity contribution in [2.45, 2.75) is 63.5 Å². The lowest BCUT2D eigenvalue weighted by molar-refractivity contribution is -0.138. The average molecular weight is 794 g/mol. The number of nitrogens with zero attached hydrogens (tertiary/aromatic N) is 2. The van der Waals surface area contributed by atoms with Crippen molar-refractivity contribution in [2.24, 2.45) is 5.92 Å². The summed E-state index contributed by atoms with van der Waals surface area (Å²) in [5.41, 5.74) is 3.05. The van der Waals surface area contributed by atoms with Crippen molar-refractivity contribution in [3.63, 3.8) is 0 Å². The molecule has 1 aliphatic rings. The lowest BCUT2D eigenvalue weighted by Crippen LogP contribution is -2.42. The van der Waals surface area contributed by atoms with Crippen LogP contribution in [0.4, 0.5) is 0 Å². The van der Waals surface area contributed by atoms with Crippen LogP contribution in [0.2, 0.25) is 10.0 Å². The number of nitrogens with one attached hydrogen (secondary N) is 2. The smallest absolute Gasteiger partial charge is 0.305 e. The van der Waals surface area contributed by atoms with Gasteiger partial charge in [-0.3, -0.25) is 19.2 Å². The number of aromatic nitrogens is 2. The summed E-state index contributed by atoms with van der Waals surface area (Å²) >= 11 is 15.0. The summed E-state index contributed by atoms with van der Waals surface area (Å²) < 4.78 is 0. The SMILES string of the molecule is O=C(O)CC(Cc1ccccc1)NC(=O)c1csc(-c2ccccc2Cl)n1.O=C(O)CC(NC(=O)c1csc(-c2ccccc2Cl)n1)C1CCCCC1. The first-order chi connectivity index (χ1) is 25.6. The molecule has 0 radical (unpaired) electrons. The minimum atomic E-state index is -0.966. The predicted molar refractivity (Wildman–Crippen MR) is 209 cm³/mol. The van der Waals surface area contributed by atoms with E-state index < -0.39 is 23.9 Å². The van der Waals surface area contributed by atoms with Crippen molar-refractivity contribution in [2.75, 3.05) is 0 Å². The largest absolute Gasteiger partial charge is 0.481 e. The Hall–Kier alpha value is -4.62. The summed E-state index contributed by atoms with van der Waals surface area (Å²) in [5.74, 6) is -2.37. The minimum absolute atomic E-state index is 0.0576. The number of halogens is 2. The second-order valence-electron chi connectivity index (χ2n) is 12.6. The van der Waals surface area contributed by atoms with Gasteiger partial charge in [-0.15, -0.1) is 22.7 Å². The molecule has 2 heterocycles. The highest BCUT2D eigenvalue weighted by Crippen LogP contribution is 2.32. The van der Waals surface area contributed by atoms with E-state index in [0.717, 1.165) is 42.4 Å². The highest BCUT2D eigenvalue weighted by molar-refractivity contribution is 7.13. The Morgan fingerprint density at radius 3 is 1.68 bits per heavy atom. The molecule has 10 nitrogen and oxygen atoms in total. The van der Waals surface area contributed by atoms with Crippen LogP contribution in [0.15, 0.2) is 89.6 Å². The van der Waals surface area contributed by atoms with E-state index in [1.165, 1.54) is 29.1 Å². The lowest BCUT2D eigenvalue weighted by atomic mass is 9.82. The molecule has 1 saturated carbocycles. The van der Waals surface area contributed by atoms with Crippen LogP contribution in [0.3, 0.4) is 0 Å². The van der Waals surface area contributed by atoms with Crippen LogP contribution in [-0.4, -0.2) is 56.0 Å². The summed E-state index contributed by atoms with van der Waals surface area (Å²) in [6.07, 6.45) is 5.48. The number of hydrogen-bond donors (Lipinski definition) is 4. The molecule has 1 aliphatic carbocycles. The fourth-order valence-corrected chi connectivity index (χ4v) is 8.36. The maximum Gasteiger partial charge on any atom is 0.305 e. The van der Waals surface area contributed by atoms with Crippen LogP contribution in [0.25, 0.3) is 21.1 Å². The van der Waals surface area contributed by atoms with Gasteiger partial charge in [0.15, 0.2) is 0 Å². The Bertz CT molecular complexity index is 2020. The highest BCUT2D eigenvalue weighted by atomic mass is 35.5. The number of benzene rings is 3. The predicted octanol–water partition coefficient (Wildman–Crippen LogP) is 8.90. The number of carboxylic acids is 2. The van der Waals surface area contributed by atoms with Gasteiger partial charge >= 0.3 is 11.9 Å². The fourth-order valence-electron chi connectivity index (χ4n) is 6.12. The summed E-state index contributed by atoms with van der Waals surface area (Å²) in [5, 5.41) is 29.8. The molecule has 0 saturated heterocycles. The molecular formula is C39H38Cl2N4O6S2. The molecule has 0 spiro atoms. The Labute approximate surface area is 325 Å². The summed E-state index contributed by atoms with van der Waals surface area (Å²) in [6, 6.07) is 23.2. The van der Waals surface area contributed by atoms with E-state index in [4.69, 9.17) is 28.3 Å². The number of rotatable bonds is 13. The second kappa shape index (κ2) is 19.5. The Morgan fingerprint density at radius 1 is 0.679 bits per heavy atom. The monoisotopic (exact) mass is 792 g/mol. The van der Waals surface area contributed by atoms with Crippen molar-refractivity contribution in [3.05, 3.63) is 117 Å². The maximum absolute atomic E-state index is 12.6. The van der Waals surface area contributed by atoms with Crippen LogP contribution in [-0.2, 0) is 16.0 Å². The number of hydrogen-bond acceptors (Lipinski definition) is 8. The highest BCUT2D eigenvalue weighted by Gasteiger charge is 2.28. The van der Waals surface area contributed by atoms with Crippen LogP contribution in [0.5, 0.6) is 0 Å². The number of carbonyl (C=O) groups excluding carboxylic acids is 2. The third-order valence-corrected chi connectivity index (χ3v) is 11.1. The van der Waals surface area contributed by atoms with Crippen molar-refractivity contribution in [1.29, 1.82) is 0 Å². The lowest BCUT2D eigenvalue weighted by Gasteiger charge is -2.29. The molecule has 2 unspecified atom stereocenters. The van der Waals surface area contributed by atoms with Crippen LogP contribution in [0, 0.1) is 5.92 Å². The molecule has 6 rings (SSSR count). The fraction of sp³-hybridized carbons (Fsp3) is 0.282. The molecule has 4 N–H and O–H groups in total. The summed E-state index contributed by atoms with van der Waals surface area (Å²) in [4.78, 5) is 56.3. The molecule has 0 aliphatic heterocycles. The summed E-state index contributed by atoms with van der Waals surface area (Å²) in [6.45, 7) is 0.